The first-order chi connectivity index (χ1) is 13.0. The number of anilines is 2. The number of nitrogens with one attached hydrogen (secondary N) is 1. The molecule has 1 aliphatic heterocycles. The number of hydrogen-bond acceptors (Lipinski definition) is 4. The number of rotatable bonds is 3. The van der Waals surface area contributed by atoms with E-state index >= 15 is 0 Å². The molecule has 2 aromatic carbocycles. The first kappa shape index (κ1) is 17.0. The number of nitrogens with zero attached hydrogens (tertiary/aromatic N) is 3. The maximum Gasteiger partial charge on any atom is 0.291 e. The Kier molecular flexibility index (Phi) is 4.01. The van der Waals surface area contributed by atoms with E-state index < -0.39 is 17.7 Å². The Bertz CT molecular complexity index is 1070. The summed E-state index contributed by atoms with van der Waals surface area (Å²) < 4.78 is 1.59. The van der Waals surface area contributed by atoms with Gasteiger partial charge in [0.15, 0.2) is 5.82 Å². The molecule has 27 heavy (non-hydrogen) atoms. The van der Waals surface area contributed by atoms with Gasteiger partial charge in [0.1, 0.15) is 0 Å². The van der Waals surface area contributed by atoms with Crippen molar-refractivity contribution in [2.24, 2.45) is 7.05 Å². The summed E-state index contributed by atoms with van der Waals surface area (Å²) in [5.74, 6) is -1.01. The van der Waals surface area contributed by atoms with Crippen LogP contribution in [0.15, 0.2) is 54.9 Å². The molecule has 134 valence electrons. The van der Waals surface area contributed by atoms with Crippen molar-refractivity contribution in [1.82, 2.24) is 9.55 Å². The van der Waals surface area contributed by atoms with Crippen molar-refractivity contribution >= 4 is 40.7 Å². The Morgan fingerprint density at radius 3 is 2.30 bits per heavy atom. The number of fused-ring (bicyclic) bond motifs is 1. The third-order valence-corrected chi connectivity index (χ3v) is 4.57. The van der Waals surface area contributed by atoms with Crippen LogP contribution >= 0.6 is 11.6 Å². The van der Waals surface area contributed by atoms with E-state index in [1.807, 2.05) is 0 Å². The first-order valence-electron chi connectivity index (χ1n) is 8.03. The van der Waals surface area contributed by atoms with Crippen LogP contribution in [0.5, 0.6) is 0 Å². The Morgan fingerprint density at radius 1 is 1.07 bits per heavy atom. The second-order valence-electron chi connectivity index (χ2n) is 5.97. The highest BCUT2D eigenvalue weighted by molar-refractivity contribution is 6.40. The van der Waals surface area contributed by atoms with Crippen LogP contribution in [-0.4, -0.2) is 27.3 Å². The quantitative estimate of drug-likeness (QED) is 0.707. The maximum absolute atomic E-state index is 12.6. The van der Waals surface area contributed by atoms with Crippen LogP contribution in [0.3, 0.4) is 0 Å². The summed E-state index contributed by atoms with van der Waals surface area (Å²) in [4.78, 5) is 42.4. The lowest BCUT2D eigenvalue weighted by atomic mass is 10.1. The van der Waals surface area contributed by atoms with E-state index in [1.165, 1.54) is 18.3 Å². The van der Waals surface area contributed by atoms with Crippen molar-refractivity contribution < 1.29 is 14.4 Å². The van der Waals surface area contributed by atoms with Gasteiger partial charge < -0.3 is 9.88 Å². The number of hydrogen-bond donors (Lipinski definition) is 1. The predicted molar refractivity (Wildman–Crippen MR) is 100 cm³/mol. The molecule has 2 heterocycles. The van der Waals surface area contributed by atoms with Gasteiger partial charge in [-0.15, -0.1) is 0 Å². The van der Waals surface area contributed by atoms with Gasteiger partial charge in [0.25, 0.3) is 17.7 Å². The Balaban J connectivity index is 1.62. The number of amides is 3. The molecule has 1 aliphatic rings. The summed E-state index contributed by atoms with van der Waals surface area (Å²) in [6.45, 7) is 0. The summed E-state index contributed by atoms with van der Waals surface area (Å²) in [5, 5.41) is 2.86. The normalized spacial score (nSPS) is 13.0. The summed E-state index contributed by atoms with van der Waals surface area (Å²) in [5.41, 5.74) is 1.36. The van der Waals surface area contributed by atoms with E-state index in [-0.39, 0.29) is 16.5 Å². The highest BCUT2D eigenvalue weighted by atomic mass is 35.5. The Morgan fingerprint density at radius 2 is 1.74 bits per heavy atom. The van der Waals surface area contributed by atoms with Crippen molar-refractivity contribution in [3.63, 3.8) is 0 Å². The van der Waals surface area contributed by atoms with Gasteiger partial charge in [0, 0.05) is 25.1 Å². The summed E-state index contributed by atoms with van der Waals surface area (Å²) >= 11 is 6.30. The van der Waals surface area contributed by atoms with E-state index in [0.717, 1.165) is 4.90 Å². The fourth-order valence-electron chi connectivity index (χ4n) is 2.95. The fraction of sp³-hybridized carbons (Fsp3) is 0.0526. The maximum atomic E-state index is 12.6. The molecule has 0 unspecified atom stereocenters. The van der Waals surface area contributed by atoms with Crippen molar-refractivity contribution in [3.05, 3.63) is 76.8 Å². The Labute approximate surface area is 159 Å². The van der Waals surface area contributed by atoms with Crippen molar-refractivity contribution in [3.8, 4) is 0 Å². The minimum absolute atomic E-state index is 0.169. The van der Waals surface area contributed by atoms with Gasteiger partial charge in [-0.25, -0.2) is 9.88 Å². The third-order valence-electron chi connectivity index (χ3n) is 4.26. The molecule has 7 nitrogen and oxygen atoms in total. The number of carbonyl (C=O) groups excluding carboxylic acids is 3. The lowest BCUT2D eigenvalue weighted by Crippen LogP contribution is -2.29. The van der Waals surface area contributed by atoms with Crippen LogP contribution in [-0.2, 0) is 7.05 Å². The minimum Gasteiger partial charge on any atom is -0.330 e. The Hall–Kier alpha value is -3.45. The topological polar surface area (TPSA) is 84.3 Å². The molecule has 0 bridgehead atoms. The van der Waals surface area contributed by atoms with Crippen molar-refractivity contribution in [2.45, 2.75) is 0 Å². The zero-order chi connectivity index (χ0) is 19.1. The number of imidazole rings is 1. The van der Waals surface area contributed by atoms with E-state index in [9.17, 15) is 14.4 Å². The van der Waals surface area contributed by atoms with Crippen LogP contribution < -0.4 is 10.2 Å². The van der Waals surface area contributed by atoms with Gasteiger partial charge >= 0.3 is 0 Å². The van der Waals surface area contributed by atoms with Gasteiger partial charge in [-0.05, 0) is 30.3 Å². The molecule has 4 rings (SSSR count). The molecule has 3 aromatic rings. The highest BCUT2D eigenvalue weighted by Crippen LogP contribution is 2.34. The lowest BCUT2D eigenvalue weighted by Gasteiger charge is -2.16. The molecular formula is C19H13ClN4O3. The molecule has 0 radical (unpaired) electrons. The number of imide groups is 1. The van der Waals surface area contributed by atoms with Crippen LogP contribution in [0.25, 0.3) is 0 Å². The van der Waals surface area contributed by atoms with E-state index in [1.54, 1.807) is 48.1 Å². The van der Waals surface area contributed by atoms with Gasteiger partial charge in [0.05, 0.1) is 21.8 Å². The average molecular weight is 381 g/mol. The number of benzene rings is 2. The predicted octanol–water partition coefficient (Wildman–Crippen LogP) is 3.13. The van der Waals surface area contributed by atoms with Crippen molar-refractivity contribution in [2.75, 3.05) is 10.2 Å². The van der Waals surface area contributed by atoms with Crippen LogP contribution in [0.2, 0.25) is 5.02 Å². The third kappa shape index (κ3) is 2.78. The van der Waals surface area contributed by atoms with E-state index in [0.29, 0.717) is 16.8 Å². The standard InChI is InChI=1S/C19H13ClN4O3/c1-23-9-8-21-16(23)17(25)22-11-6-7-15(14(20)10-11)24-18(26)12-4-2-3-5-13(12)19(24)27/h2-10H,1H3,(H,22,25). The molecular weight excluding hydrogens is 368 g/mol. The van der Waals surface area contributed by atoms with Gasteiger partial charge in [-0.3, -0.25) is 14.4 Å². The second-order valence-corrected chi connectivity index (χ2v) is 6.38. The first-order valence-corrected chi connectivity index (χ1v) is 8.41. The largest absolute Gasteiger partial charge is 0.330 e. The number of halogens is 1. The number of aryl methyl sites for hydroxylation is 1. The number of aromatic nitrogens is 2. The molecule has 0 aliphatic carbocycles. The summed E-state index contributed by atoms with van der Waals surface area (Å²) in [6, 6.07) is 11.2. The van der Waals surface area contributed by atoms with Crippen molar-refractivity contribution in [1.29, 1.82) is 0 Å². The lowest BCUT2D eigenvalue weighted by molar-refractivity contribution is 0.0924. The van der Waals surface area contributed by atoms with E-state index in [4.69, 9.17) is 11.6 Å². The summed E-state index contributed by atoms with van der Waals surface area (Å²) in [7, 11) is 1.71. The fourth-order valence-corrected chi connectivity index (χ4v) is 3.21. The zero-order valence-corrected chi connectivity index (χ0v) is 14.9. The van der Waals surface area contributed by atoms with E-state index in [2.05, 4.69) is 10.3 Å². The van der Waals surface area contributed by atoms with Gasteiger partial charge in [-0.1, -0.05) is 23.7 Å². The molecule has 0 fully saturated rings. The molecule has 0 spiro atoms. The smallest absolute Gasteiger partial charge is 0.291 e. The van der Waals surface area contributed by atoms with Crippen LogP contribution in [0, 0.1) is 0 Å². The van der Waals surface area contributed by atoms with Gasteiger partial charge in [-0.2, -0.15) is 0 Å². The SMILES string of the molecule is Cn1ccnc1C(=O)Nc1ccc(N2C(=O)c3ccccc3C2=O)c(Cl)c1. The molecule has 0 atom stereocenters. The molecule has 0 saturated heterocycles. The highest BCUT2D eigenvalue weighted by Gasteiger charge is 2.37. The second kappa shape index (κ2) is 6.37. The molecule has 3 amide bonds. The molecule has 1 aromatic heterocycles. The van der Waals surface area contributed by atoms with Crippen LogP contribution in [0.1, 0.15) is 31.3 Å². The zero-order valence-electron chi connectivity index (χ0n) is 14.1. The monoisotopic (exact) mass is 380 g/mol. The molecule has 0 saturated carbocycles. The summed E-state index contributed by atoms with van der Waals surface area (Å²) in [6.07, 6.45) is 3.18. The van der Waals surface area contributed by atoms with Gasteiger partial charge in [0.2, 0.25) is 0 Å². The molecule has 1 N–H and O–H groups in total. The molecule has 8 heteroatoms. The minimum atomic E-state index is -0.428. The van der Waals surface area contributed by atoms with Crippen LogP contribution in [0.4, 0.5) is 11.4 Å². The average Bonchev–Trinajstić information content (AvgIpc) is 3.18. The number of carbonyl (C=O) groups is 3.